The zero-order valence-electron chi connectivity index (χ0n) is 13.1. The third kappa shape index (κ3) is 12.2. The van der Waals surface area contributed by atoms with Crippen molar-refractivity contribution in [2.24, 2.45) is 5.92 Å². The molecule has 0 aliphatic carbocycles. The maximum Gasteiger partial charge on any atom is -0.0353 e. The molecule has 0 nitrogen and oxygen atoms in total. The summed E-state index contributed by atoms with van der Waals surface area (Å²) in [5.41, 5.74) is 0. The summed E-state index contributed by atoms with van der Waals surface area (Å²) in [5, 5.41) is 0. The molecule has 0 aromatic carbocycles. The molecular formula is C18H36. The zero-order chi connectivity index (χ0) is 13.5. The summed E-state index contributed by atoms with van der Waals surface area (Å²) in [4.78, 5) is 0. The van der Waals surface area contributed by atoms with Gasteiger partial charge in [-0.3, -0.25) is 0 Å². The van der Waals surface area contributed by atoms with E-state index in [0.29, 0.717) is 0 Å². The molecule has 0 saturated carbocycles. The smallest absolute Gasteiger partial charge is 0.0353 e. The number of hydrogen-bond acceptors (Lipinski definition) is 0. The molecule has 0 saturated heterocycles. The summed E-state index contributed by atoms with van der Waals surface area (Å²) in [7, 11) is 0. The van der Waals surface area contributed by atoms with E-state index in [4.69, 9.17) is 0 Å². The molecule has 18 heavy (non-hydrogen) atoms. The molecule has 108 valence electrons. The van der Waals surface area contributed by atoms with Crippen molar-refractivity contribution in [3.05, 3.63) is 12.7 Å². The van der Waals surface area contributed by atoms with Gasteiger partial charge in [0.25, 0.3) is 0 Å². The van der Waals surface area contributed by atoms with Crippen molar-refractivity contribution >= 4 is 0 Å². The zero-order valence-corrected chi connectivity index (χ0v) is 13.1. The standard InChI is InChI=1S/C18H36/c1-4-7-9-11-13-15-17-18(6-3)16-14-12-10-8-5-2/h4,18H,1,5-17H2,2-3H3. The van der Waals surface area contributed by atoms with E-state index in [1.165, 1.54) is 83.5 Å². The number of hydrogen-bond donors (Lipinski definition) is 0. The van der Waals surface area contributed by atoms with Crippen molar-refractivity contribution in [1.29, 1.82) is 0 Å². The molecule has 0 heteroatoms. The predicted molar refractivity (Wildman–Crippen MR) is 85.1 cm³/mol. The van der Waals surface area contributed by atoms with Gasteiger partial charge in [-0.05, 0) is 18.8 Å². The third-order valence-corrected chi connectivity index (χ3v) is 4.06. The van der Waals surface area contributed by atoms with Gasteiger partial charge in [-0.25, -0.2) is 0 Å². The minimum atomic E-state index is 1.01. The SMILES string of the molecule is C=CCCCCCCC(CC)CCCCCCC. The van der Waals surface area contributed by atoms with E-state index in [9.17, 15) is 0 Å². The van der Waals surface area contributed by atoms with Crippen molar-refractivity contribution in [3.63, 3.8) is 0 Å². The lowest BCUT2D eigenvalue weighted by molar-refractivity contribution is 0.394. The largest absolute Gasteiger partial charge is 0.103 e. The number of allylic oxidation sites excluding steroid dienone is 1. The van der Waals surface area contributed by atoms with Crippen LogP contribution in [0.1, 0.15) is 97.3 Å². The van der Waals surface area contributed by atoms with Crippen LogP contribution in [0.5, 0.6) is 0 Å². The first-order valence-electron chi connectivity index (χ1n) is 8.46. The van der Waals surface area contributed by atoms with Crippen LogP contribution in [-0.4, -0.2) is 0 Å². The van der Waals surface area contributed by atoms with E-state index >= 15 is 0 Å². The van der Waals surface area contributed by atoms with E-state index in [1.807, 2.05) is 6.08 Å². The molecule has 0 aliphatic heterocycles. The number of unbranched alkanes of at least 4 members (excludes halogenated alkanes) is 8. The van der Waals surface area contributed by atoms with Gasteiger partial charge in [-0.2, -0.15) is 0 Å². The molecule has 0 aliphatic rings. The van der Waals surface area contributed by atoms with E-state index < -0.39 is 0 Å². The van der Waals surface area contributed by atoms with Crippen LogP contribution in [0.15, 0.2) is 12.7 Å². The Bertz CT molecular complexity index is 159. The molecule has 0 radical (unpaired) electrons. The van der Waals surface area contributed by atoms with Crippen molar-refractivity contribution in [2.75, 3.05) is 0 Å². The lowest BCUT2D eigenvalue weighted by Crippen LogP contribution is -1.99. The van der Waals surface area contributed by atoms with Gasteiger partial charge in [0.05, 0.1) is 0 Å². The van der Waals surface area contributed by atoms with Crippen molar-refractivity contribution < 1.29 is 0 Å². The summed E-state index contributed by atoms with van der Waals surface area (Å²) in [6, 6.07) is 0. The van der Waals surface area contributed by atoms with Crippen LogP contribution in [-0.2, 0) is 0 Å². The van der Waals surface area contributed by atoms with Gasteiger partial charge in [0.2, 0.25) is 0 Å². The summed E-state index contributed by atoms with van der Waals surface area (Å²) in [5.74, 6) is 1.01. The second kappa shape index (κ2) is 14.8. The Labute approximate surface area is 116 Å². The van der Waals surface area contributed by atoms with Crippen LogP contribution in [0.25, 0.3) is 0 Å². The fraction of sp³-hybridized carbons (Fsp3) is 0.889. The Morgan fingerprint density at radius 1 is 0.778 bits per heavy atom. The first-order chi connectivity index (χ1) is 8.85. The van der Waals surface area contributed by atoms with Crippen molar-refractivity contribution in [2.45, 2.75) is 97.3 Å². The molecule has 0 fully saturated rings. The van der Waals surface area contributed by atoms with Crippen LogP contribution in [0, 0.1) is 5.92 Å². The lowest BCUT2D eigenvalue weighted by Gasteiger charge is -2.14. The van der Waals surface area contributed by atoms with Gasteiger partial charge in [0.1, 0.15) is 0 Å². The quantitative estimate of drug-likeness (QED) is 0.233. The molecule has 0 aromatic rings. The minimum Gasteiger partial charge on any atom is -0.103 e. The van der Waals surface area contributed by atoms with E-state index in [-0.39, 0.29) is 0 Å². The fourth-order valence-electron chi connectivity index (χ4n) is 2.66. The van der Waals surface area contributed by atoms with Crippen LogP contribution in [0.2, 0.25) is 0 Å². The highest BCUT2D eigenvalue weighted by atomic mass is 14.1. The van der Waals surface area contributed by atoms with Crippen molar-refractivity contribution in [1.82, 2.24) is 0 Å². The summed E-state index contributed by atoms with van der Waals surface area (Å²) in [6.45, 7) is 8.44. The van der Waals surface area contributed by atoms with Crippen LogP contribution in [0.4, 0.5) is 0 Å². The highest BCUT2D eigenvalue weighted by Gasteiger charge is 2.05. The molecule has 1 atom stereocenters. The van der Waals surface area contributed by atoms with Crippen molar-refractivity contribution in [3.8, 4) is 0 Å². The third-order valence-electron chi connectivity index (χ3n) is 4.06. The molecule has 1 unspecified atom stereocenters. The maximum absolute atomic E-state index is 3.77. The van der Waals surface area contributed by atoms with E-state index in [2.05, 4.69) is 20.4 Å². The van der Waals surface area contributed by atoms with Gasteiger partial charge < -0.3 is 0 Å². The molecule has 0 spiro atoms. The van der Waals surface area contributed by atoms with Crippen LogP contribution >= 0.6 is 0 Å². The second-order valence-electron chi connectivity index (χ2n) is 5.76. The van der Waals surface area contributed by atoms with Crippen LogP contribution < -0.4 is 0 Å². The van der Waals surface area contributed by atoms with Gasteiger partial charge >= 0.3 is 0 Å². The monoisotopic (exact) mass is 252 g/mol. The lowest BCUT2D eigenvalue weighted by atomic mass is 9.92. The molecule has 0 heterocycles. The van der Waals surface area contributed by atoms with E-state index in [1.54, 1.807) is 0 Å². The topological polar surface area (TPSA) is 0 Å². The highest BCUT2D eigenvalue weighted by Crippen LogP contribution is 2.21. The molecule has 0 bridgehead atoms. The first-order valence-corrected chi connectivity index (χ1v) is 8.46. The predicted octanol–water partition coefficient (Wildman–Crippen LogP) is 6.90. The molecule has 0 rings (SSSR count). The maximum atomic E-state index is 3.77. The summed E-state index contributed by atoms with van der Waals surface area (Å²) in [6.07, 6.45) is 20.4. The van der Waals surface area contributed by atoms with Crippen LogP contribution in [0.3, 0.4) is 0 Å². The normalized spacial score (nSPS) is 12.6. The Morgan fingerprint density at radius 3 is 1.83 bits per heavy atom. The second-order valence-corrected chi connectivity index (χ2v) is 5.76. The molecule has 0 amide bonds. The molecular weight excluding hydrogens is 216 g/mol. The molecule has 0 aromatic heterocycles. The average Bonchev–Trinajstić information content (AvgIpc) is 2.40. The van der Waals surface area contributed by atoms with Gasteiger partial charge in [0, 0.05) is 0 Å². The fourth-order valence-corrected chi connectivity index (χ4v) is 2.66. The Morgan fingerprint density at radius 2 is 1.33 bits per heavy atom. The molecule has 0 N–H and O–H groups in total. The first kappa shape index (κ1) is 17.7. The Balaban J connectivity index is 3.32. The minimum absolute atomic E-state index is 1.01. The Kier molecular flexibility index (Phi) is 14.6. The van der Waals surface area contributed by atoms with Gasteiger partial charge in [0.15, 0.2) is 0 Å². The van der Waals surface area contributed by atoms with Gasteiger partial charge in [-0.1, -0.05) is 90.6 Å². The highest BCUT2D eigenvalue weighted by molar-refractivity contribution is 4.65. The average molecular weight is 252 g/mol. The number of rotatable bonds is 14. The summed E-state index contributed by atoms with van der Waals surface area (Å²) < 4.78 is 0. The Hall–Kier alpha value is -0.260. The van der Waals surface area contributed by atoms with E-state index in [0.717, 1.165) is 5.92 Å². The van der Waals surface area contributed by atoms with Gasteiger partial charge in [-0.15, -0.1) is 6.58 Å². The summed E-state index contributed by atoms with van der Waals surface area (Å²) >= 11 is 0.